The van der Waals surface area contributed by atoms with Crippen molar-refractivity contribution < 1.29 is 24.1 Å². The third kappa shape index (κ3) is 20.9. The van der Waals surface area contributed by atoms with E-state index in [1.807, 2.05) is 166 Å². The molecule has 8 aromatic carbocycles. The maximum absolute atomic E-state index is 12.4. The zero-order valence-electron chi connectivity index (χ0n) is 67.8. The van der Waals surface area contributed by atoms with Gasteiger partial charge in [0.15, 0.2) is 5.82 Å². The number of halogens is 6. The Bertz CT molecular complexity index is 6280. The van der Waals surface area contributed by atoms with E-state index in [1.54, 1.807) is 48.0 Å². The van der Waals surface area contributed by atoms with Crippen LogP contribution in [-0.4, -0.2) is 149 Å². The van der Waals surface area contributed by atoms with E-state index >= 15 is 0 Å². The van der Waals surface area contributed by atoms with E-state index in [2.05, 4.69) is 160 Å². The summed E-state index contributed by atoms with van der Waals surface area (Å²) in [7, 11) is 3.54. The minimum atomic E-state index is -0.898. The molecular formula is C93H88Br2Cl4N16O7. The lowest BCUT2D eigenvalue weighted by molar-refractivity contribution is 0.0577. The number of fused-ring (bicyclic) bond motifs is 4. The molecule has 4 aliphatic heterocycles. The van der Waals surface area contributed by atoms with Gasteiger partial charge in [-0.15, -0.1) is 0 Å². The fraction of sp³-hybridized carbons (Fsp3) is 0.258. The van der Waals surface area contributed by atoms with Gasteiger partial charge in [0.05, 0.1) is 123 Å². The Morgan fingerprint density at radius 1 is 0.434 bits per heavy atom. The van der Waals surface area contributed by atoms with Crippen LogP contribution in [0.3, 0.4) is 0 Å². The highest BCUT2D eigenvalue weighted by Crippen LogP contribution is 2.41. The Morgan fingerprint density at radius 3 is 1.26 bits per heavy atom. The molecule has 2 N–H and O–H groups in total. The molecule has 0 spiro atoms. The van der Waals surface area contributed by atoms with Crippen molar-refractivity contribution in [3.05, 3.63) is 315 Å². The molecule has 0 saturated carbocycles. The molecule has 0 unspecified atom stereocenters. The fourth-order valence-electron chi connectivity index (χ4n) is 15.4. The third-order valence-electron chi connectivity index (χ3n) is 21.2. The summed E-state index contributed by atoms with van der Waals surface area (Å²) in [6.45, 7) is 15.9. The van der Waals surface area contributed by atoms with Gasteiger partial charge >= 0.3 is 0 Å². The number of pyridine rings is 2. The van der Waals surface area contributed by atoms with E-state index in [0.717, 1.165) is 130 Å². The lowest BCUT2D eigenvalue weighted by atomic mass is 10.0. The van der Waals surface area contributed by atoms with Crippen LogP contribution in [0, 0.1) is 13.8 Å². The largest absolute Gasteiger partial charge is 0.389 e. The van der Waals surface area contributed by atoms with E-state index in [0.29, 0.717) is 87.4 Å². The first-order chi connectivity index (χ1) is 59.0. The van der Waals surface area contributed by atoms with Gasteiger partial charge in [-0.25, -0.2) is 29.9 Å². The van der Waals surface area contributed by atoms with Gasteiger partial charge in [-0.3, -0.25) is 14.3 Å². The highest BCUT2D eigenvalue weighted by atomic mass is 79.9. The number of anilines is 3. The smallest absolute Gasteiger partial charge is 0.253 e. The van der Waals surface area contributed by atoms with Crippen LogP contribution >= 0.6 is 78.3 Å². The maximum Gasteiger partial charge on any atom is 0.253 e. The maximum atomic E-state index is 12.4. The number of nitrogens with zero attached hydrogens (tertiary/aromatic N) is 15. The second-order valence-electron chi connectivity index (χ2n) is 30.5. The first-order valence-electron chi connectivity index (χ1n) is 39.9. The van der Waals surface area contributed by atoms with Crippen molar-refractivity contribution in [2.75, 3.05) is 93.7 Å². The Balaban J connectivity index is 0.000000127. The normalized spacial score (nSPS) is 16.7. The summed E-state index contributed by atoms with van der Waals surface area (Å²) in [4.78, 5) is 67.3. The third-order valence-corrected chi connectivity index (χ3v) is 23.0. The molecule has 0 bridgehead atoms. The monoisotopic (exact) mass is 1840 g/mol. The van der Waals surface area contributed by atoms with Gasteiger partial charge in [0.2, 0.25) is 15.9 Å². The average molecular weight is 1840 g/mol. The van der Waals surface area contributed by atoms with Crippen molar-refractivity contribution in [3.63, 3.8) is 0 Å². The number of ether oxygens (including phenoxy) is 4. The molecule has 122 heavy (non-hydrogen) atoms. The highest BCUT2D eigenvalue weighted by Gasteiger charge is 2.32. The molecule has 15 aromatic rings. The summed E-state index contributed by atoms with van der Waals surface area (Å²) in [5.74, 6) is 3.03. The summed E-state index contributed by atoms with van der Waals surface area (Å²) >= 11 is 30.9. The summed E-state index contributed by atoms with van der Waals surface area (Å²) in [6, 6.07) is 69.5. The topological polar surface area (TPSA) is 244 Å². The number of aromatic nitrogens is 12. The van der Waals surface area contributed by atoms with Gasteiger partial charge < -0.3 is 53.2 Å². The molecule has 7 aromatic heterocycles. The molecule has 0 radical (unpaired) electrons. The van der Waals surface area contributed by atoms with Crippen molar-refractivity contribution in [1.29, 1.82) is 0 Å². The molecule has 19 rings (SSSR count). The fourth-order valence-corrected chi connectivity index (χ4v) is 16.9. The molecule has 4 atom stereocenters. The molecule has 29 heteroatoms. The average Bonchev–Trinajstić information content (AvgIpc) is 0.939. The first kappa shape index (κ1) is 86.4. The lowest BCUT2D eigenvalue weighted by Gasteiger charge is -2.37. The Labute approximate surface area is 742 Å². The number of nitrogens with one attached hydrogen (secondary N) is 1. The van der Waals surface area contributed by atoms with Gasteiger partial charge in [0.25, 0.3) is 11.1 Å². The second-order valence-corrected chi connectivity index (χ2v) is 33.7. The van der Waals surface area contributed by atoms with Crippen molar-refractivity contribution in [2.24, 2.45) is 14.1 Å². The van der Waals surface area contributed by atoms with Crippen LogP contribution in [0.5, 0.6) is 0 Å². The minimum absolute atomic E-state index is 0.00404. The number of benzene rings is 8. The van der Waals surface area contributed by atoms with Gasteiger partial charge in [0.1, 0.15) is 22.6 Å². The molecule has 624 valence electrons. The molecule has 0 amide bonds. The summed E-state index contributed by atoms with van der Waals surface area (Å²) < 4.78 is 29.7. The molecule has 4 saturated heterocycles. The van der Waals surface area contributed by atoms with Gasteiger partial charge in [0, 0.05) is 100 Å². The molecule has 0 aliphatic carbocycles. The number of aliphatic hydroxyl groups is 1. The van der Waals surface area contributed by atoms with Crippen molar-refractivity contribution in [3.8, 4) is 33.6 Å². The zero-order chi connectivity index (χ0) is 85.1. The summed E-state index contributed by atoms with van der Waals surface area (Å²) in [6.07, 6.45) is 7.34. The molecule has 4 aliphatic rings. The molecule has 23 nitrogen and oxygen atoms in total. The van der Waals surface area contributed by atoms with Gasteiger partial charge in [-0.05, 0) is 180 Å². The van der Waals surface area contributed by atoms with E-state index in [-0.39, 0.29) is 45.1 Å². The van der Waals surface area contributed by atoms with E-state index in [4.69, 9.17) is 75.3 Å². The summed E-state index contributed by atoms with van der Waals surface area (Å²) in [5, 5.41) is 22.8. The van der Waals surface area contributed by atoms with Crippen LogP contribution in [0.25, 0.3) is 77.3 Å². The predicted molar refractivity (Wildman–Crippen MR) is 492 cm³/mol. The van der Waals surface area contributed by atoms with Crippen LogP contribution in [0.2, 0.25) is 21.0 Å². The van der Waals surface area contributed by atoms with E-state index < -0.39 is 5.60 Å². The van der Waals surface area contributed by atoms with Crippen LogP contribution in [0.1, 0.15) is 71.4 Å². The minimum Gasteiger partial charge on any atom is -0.389 e. The Hall–Kier alpha value is -10.5. The standard InChI is InChI=1S/C32H34N6O3.C25H23ClN4O2.C18H15BrClN3O.C10H13NO.C8H3BrCl2N2/c1-21-14-24(17-36(4)31(21)39)23-10-11-27-26(15-23)30(38-12-13-41-19-28(38)22-8-6-5-7-9-22)35-29(34-27)25-16-33-37(18-25)20-32(2,3)40;1-16-12-19(14-29(2)24(16)31)18-8-9-21-20(13-18)23(28-25(26)27-21)30-10-11-32-15-22(30)17-6-4-3-5-7-17;19-13-6-7-15-14(10-13)17(22-18(20)21-15)23-8-9-24-11-16(23)12-4-2-1-3-5-12;1-2-4-9(5-3-1)10-8-12-7-6-11-10;9-4-1-2-6-5(3-4)7(10)13-8(11)12-6/h5-11,14-18,28,40H,12-13,19-20H2,1-4H3;3-9,12-14,22H,10-11,15H2,1-2H3;1-7,10,16H,8-9,11H2;1-5,10-11H,6-8H2;1-3H/t28-;22-;16-;10-;/m1111./s1. The Kier molecular flexibility index (Phi) is 27.9. The first-order valence-corrected chi connectivity index (χ1v) is 43.0. The van der Waals surface area contributed by atoms with Crippen LogP contribution in [0.15, 0.2) is 250 Å². The zero-order valence-corrected chi connectivity index (χ0v) is 74.0. The van der Waals surface area contributed by atoms with E-state index in [1.165, 1.54) is 16.7 Å². The number of rotatable bonds is 12. The van der Waals surface area contributed by atoms with Gasteiger partial charge in [-0.1, -0.05) is 177 Å². The summed E-state index contributed by atoms with van der Waals surface area (Å²) in [5.41, 5.74) is 13.2. The number of hydrogen-bond acceptors (Lipinski definition) is 20. The molecule has 11 heterocycles. The quantitative estimate of drug-likeness (QED) is 0.0853. The number of aryl methyl sites for hydroxylation is 4. The number of hydrogen-bond donors (Lipinski definition) is 2. The van der Waals surface area contributed by atoms with Gasteiger partial charge in [-0.2, -0.15) is 15.1 Å². The van der Waals surface area contributed by atoms with Crippen molar-refractivity contribution >= 4 is 139 Å². The van der Waals surface area contributed by atoms with Crippen molar-refractivity contribution in [1.82, 2.24) is 64.1 Å². The molecular weight excluding hydrogens is 1750 g/mol. The van der Waals surface area contributed by atoms with Crippen LogP contribution in [0.4, 0.5) is 17.5 Å². The van der Waals surface area contributed by atoms with Crippen molar-refractivity contribution in [2.45, 2.75) is 64.0 Å². The highest BCUT2D eigenvalue weighted by molar-refractivity contribution is 9.10. The Morgan fingerprint density at radius 2 is 0.828 bits per heavy atom. The predicted octanol–water partition coefficient (Wildman–Crippen LogP) is 18.7. The van der Waals surface area contributed by atoms with Crippen LogP contribution in [-0.2, 0) is 39.6 Å². The van der Waals surface area contributed by atoms with E-state index in [9.17, 15) is 14.7 Å². The lowest BCUT2D eigenvalue weighted by Crippen LogP contribution is -2.40. The molecule has 4 fully saturated rings. The van der Waals surface area contributed by atoms with Crippen LogP contribution < -0.4 is 31.1 Å². The SMILES string of the molecule is Cc1cc(-c2ccc3nc(-c4cnn(CC(C)(C)O)c4)nc(N4CCOC[C@@H]4c4ccccc4)c3c2)cn(C)c1=O.Cc1cc(-c2ccc3nc(Cl)nc(N4CCOC[C@@H]4c4ccccc4)c3c2)cn(C)c1=O.Clc1nc(Cl)c2cc(Br)ccc2n1.Clc1nc(N2CCOC[C@@H]2c2ccccc2)c2cc(Br)ccc2n1.c1ccc([C@H]2COCCN2)cc1. The number of morpholine rings is 4. The second kappa shape index (κ2) is 39.4.